The van der Waals surface area contributed by atoms with Crippen molar-refractivity contribution in [2.75, 3.05) is 0 Å². The van der Waals surface area contributed by atoms with E-state index in [1.807, 2.05) is 16.8 Å². The van der Waals surface area contributed by atoms with E-state index in [1.54, 1.807) is 37.5 Å². The fourth-order valence-corrected chi connectivity index (χ4v) is 3.64. The molecule has 0 saturated heterocycles. The highest BCUT2D eigenvalue weighted by molar-refractivity contribution is 7.89. The van der Waals surface area contributed by atoms with Gasteiger partial charge in [-0.25, -0.2) is 18.1 Å². The number of hydrogen-bond acceptors (Lipinski definition) is 5. The number of nitrogens with zero attached hydrogens (tertiary/aromatic N) is 1. The molecule has 0 saturated carbocycles. The van der Waals surface area contributed by atoms with Crippen LogP contribution in [-0.4, -0.2) is 13.4 Å². The standard InChI is InChI=1S/C15H14N2O3S2/c1-11-17-15(9-20-11)13-2-4-14(5-3-13)22(18,19)16-8-12-6-7-21-10-12/h2-7,9-10,16H,8H2,1H3. The van der Waals surface area contributed by atoms with Crippen molar-refractivity contribution in [1.29, 1.82) is 0 Å². The fraction of sp³-hybridized carbons (Fsp3) is 0.133. The van der Waals surface area contributed by atoms with Gasteiger partial charge >= 0.3 is 0 Å². The number of thiophene rings is 1. The van der Waals surface area contributed by atoms with Crippen molar-refractivity contribution in [1.82, 2.24) is 9.71 Å². The lowest BCUT2D eigenvalue weighted by Crippen LogP contribution is -2.22. The Morgan fingerprint density at radius 2 is 2.00 bits per heavy atom. The molecule has 2 heterocycles. The Morgan fingerprint density at radius 3 is 2.59 bits per heavy atom. The lowest BCUT2D eigenvalue weighted by molar-refractivity contribution is 0.521. The van der Waals surface area contributed by atoms with Crippen LogP contribution in [0.1, 0.15) is 11.5 Å². The van der Waals surface area contributed by atoms with Crippen molar-refractivity contribution in [2.45, 2.75) is 18.4 Å². The zero-order valence-corrected chi connectivity index (χ0v) is 13.4. The smallest absolute Gasteiger partial charge is 0.240 e. The number of benzene rings is 1. The SMILES string of the molecule is Cc1nc(-c2ccc(S(=O)(=O)NCc3ccsc3)cc2)co1. The second-order valence-electron chi connectivity index (χ2n) is 4.73. The summed E-state index contributed by atoms with van der Waals surface area (Å²) in [5.41, 5.74) is 2.45. The first-order valence-corrected chi connectivity index (χ1v) is 9.00. The average Bonchev–Trinajstić information content (AvgIpc) is 3.17. The van der Waals surface area contributed by atoms with Crippen molar-refractivity contribution in [3.63, 3.8) is 0 Å². The molecule has 114 valence electrons. The molecular formula is C15H14N2O3S2. The van der Waals surface area contributed by atoms with Gasteiger partial charge < -0.3 is 4.42 Å². The molecule has 22 heavy (non-hydrogen) atoms. The molecule has 0 aliphatic heterocycles. The van der Waals surface area contributed by atoms with E-state index >= 15 is 0 Å². The summed E-state index contributed by atoms with van der Waals surface area (Å²) in [5.74, 6) is 0.573. The molecule has 2 aromatic heterocycles. The Morgan fingerprint density at radius 1 is 1.23 bits per heavy atom. The average molecular weight is 334 g/mol. The van der Waals surface area contributed by atoms with Crippen LogP contribution in [0, 0.1) is 6.92 Å². The topological polar surface area (TPSA) is 72.2 Å². The van der Waals surface area contributed by atoms with E-state index in [4.69, 9.17) is 4.42 Å². The summed E-state index contributed by atoms with van der Waals surface area (Å²) >= 11 is 1.54. The van der Waals surface area contributed by atoms with Gasteiger partial charge in [0, 0.05) is 19.0 Å². The highest BCUT2D eigenvalue weighted by Crippen LogP contribution is 2.20. The Bertz CT molecular complexity index is 851. The summed E-state index contributed by atoms with van der Waals surface area (Å²) in [6.45, 7) is 2.05. The van der Waals surface area contributed by atoms with Gasteiger partial charge in [-0.05, 0) is 34.5 Å². The van der Waals surface area contributed by atoms with Crippen LogP contribution in [0.3, 0.4) is 0 Å². The molecule has 0 unspecified atom stereocenters. The quantitative estimate of drug-likeness (QED) is 0.778. The van der Waals surface area contributed by atoms with Crippen LogP contribution in [0.25, 0.3) is 11.3 Å². The van der Waals surface area contributed by atoms with Crippen LogP contribution in [-0.2, 0) is 16.6 Å². The predicted molar refractivity (Wildman–Crippen MR) is 85.0 cm³/mol. The summed E-state index contributed by atoms with van der Waals surface area (Å²) in [6.07, 6.45) is 1.55. The van der Waals surface area contributed by atoms with Crippen molar-refractivity contribution in [3.8, 4) is 11.3 Å². The zero-order chi connectivity index (χ0) is 15.6. The predicted octanol–water partition coefficient (Wildman–Crippen LogP) is 3.19. The molecular weight excluding hydrogens is 320 g/mol. The molecule has 0 amide bonds. The van der Waals surface area contributed by atoms with E-state index in [9.17, 15) is 8.42 Å². The number of hydrogen-bond donors (Lipinski definition) is 1. The molecule has 0 atom stereocenters. The third kappa shape index (κ3) is 3.27. The van der Waals surface area contributed by atoms with Crippen LogP contribution < -0.4 is 4.72 Å². The number of rotatable bonds is 5. The molecule has 3 aromatic rings. The molecule has 7 heteroatoms. The van der Waals surface area contributed by atoms with Crippen LogP contribution >= 0.6 is 11.3 Å². The second kappa shape index (κ2) is 6.04. The summed E-state index contributed by atoms with van der Waals surface area (Å²) in [7, 11) is -3.52. The second-order valence-corrected chi connectivity index (χ2v) is 7.28. The lowest BCUT2D eigenvalue weighted by atomic mass is 10.2. The molecule has 0 spiro atoms. The van der Waals surface area contributed by atoms with Crippen LogP contribution in [0.4, 0.5) is 0 Å². The number of aromatic nitrogens is 1. The molecule has 0 bridgehead atoms. The number of sulfonamides is 1. The van der Waals surface area contributed by atoms with Crippen LogP contribution in [0.15, 0.2) is 56.7 Å². The maximum Gasteiger partial charge on any atom is 0.240 e. The molecule has 5 nitrogen and oxygen atoms in total. The van der Waals surface area contributed by atoms with Crippen LogP contribution in [0.2, 0.25) is 0 Å². The zero-order valence-electron chi connectivity index (χ0n) is 11.8. The first kappa shape index (κ1) is 15.0. The third-order valence-electron chi connectivity index (χ3n) is 3.13. The minimum atomic E-state index is -3.52. The van der Waals surface area contributed by atoms with Gasteiger partial charge in [-0.15, -0.1) is 0 Å². The summed E-state index contributed by atoms with van der Waals surface area (Å²) in [6, 6.07) is 8.46. The summed E-state index contributed by atoms with van der Waals surface area (Å²) in [4.78, 5) is 4.44. The van der Waals surface area contributed by atoms with Crippen molar-refractivity contribution in [3.05, 3.63) is 58.8 Å². The van der Waals surface area contributed by atoms with E-state index < -0.39 is 10.0 Å². The van der Waals surface area contributed by atoms with Gasteiger partial charge in [0.05, 0.1) is 4.90 Å². The summed E-state index contributed by atoms with van der Waals surface area (Å²) < 4.78 is 32.2. The number of oxazole rings is 1. The highest BCUT2D eigenvalue weighted by atomic mass is 32.2. The van der Waals surface area contributed by atoms with E-state index in [-0.39, 0.29) is 11.4 Å². The molecule has 3 rings (SSSR count). The minimum Gasteiger partial charge on any atom is -0.449 e. The largest absolute Gasteiger partial charge is 0.449 e. The van der Waals surface area contributed by atoms with Gasteiger partial charge in [-0.3, -0.25) is 0 Å². The van der Waals surface area contributed by atoms with E-state index in [0.717, 1.165) is 11.1 Å². The van der Waals surface area contributed by atoms with E-state index in [0.29, 0.717) is 11.6 Å². The van der Waals surface area contributed by atoms with Gasteiger partial charge in [0.25, 0.3) is 0 Å². The van der Waals surface area contributed by atoms with Crippen molar-refractivity contribution in [2.24, 2.45) is 0 Å². The van der Waals surface area contributed by atoms with Gasteiger partial charge in [0.1, 0.15) is 12.0 Å². The maximum absolute atomic E-state index is 12.2. The molecule has 0 aliphatic rings. The molecule has 0 radical (unpaired) electrons. The van der Waals surface area contributed by atoms with Gasteiger partial charge in [-0.1, -0.05) is 12.1 Å². The highest BCUT2D eigenvalue weighted by Gasteiger charge is 2.14. The Hall–Kier alpha value is -1.96. The fourth-order valence-electron chi connectivity index (χ4n) is 1.96. The van der Waals surface area contributed by atoms with Crippen molar-refractivity contribution >= 4 is 21.4 Å². The third-order valence-corrected chi connectivity index (χ3v) is 5.28. The normalized spacial score (nSPS) is 11.7. The lowest BCUT2D eigenvalue weighted by Gasteiger charge is -2.06. The Kier molecular flexibility index (Phi) is 4.10. The monoisotopic (exact) mass is 334 g/mol. The molecule has 1 aromatic carbocycles. The first-order chi connectivity index (χ1) is 10.5. The molecule has 0 fully saturated rings. The minimum absolute atomic E-state index is 0.228. The van der Waals surface area contributed by atoms with Crippen LogP contribution in [0.5, 0.6) is 0 Å². The molecule has 0 aliphatic carbocycles. The van der Waals surface area contributed by atoms with Crippen molar-refractivity contribution < 1.29 is 12.8 Å². The molecule has 1 N–H and O–H groups in total. The summed E-state index contributed by atoms with van der Waals surface area (Å²) in [5, 5.41) is 3.83. The number of nitrogens with one attached hydrogen (secondary N) is 1. The van der Waals surface area contributed by atoms with Gasteiger partial charge in [0.15, 0.2) is 5.89 Å². The number of aryl methyl sites for hydroxylation is 1. The first-order valence-electron chi connectivity index (χ1n) is 6.58. The maximum atomic E-state index is 12.2. The van der Waals surface area contributed by atoms with E-state index in [1.165, 1.54) is 11.3 Å². The van der Waals surface area contributed by atoms with Gasteiger partial charge in [-0.2, -0.15) is 11.3 Å². The van der Waals surface area contributed by atoms with Gasteiger partial charge in [0.2, 0.25) is 10.0 Å². The Labute approximate surface area is 132 Å². The Balaban J connectivity index is 1.76. The van der Waals surface area contributed by atoms with E-state index in [2.05, 4.69) is 9.71 Å².